The summed E-state index contributed by atoms with van der Waals surface area (Å²) >= 11 is 1.34. The van der Waals surface area contributed by atoms with Crippen LogP contribution in [0.4, 0.5) is 4.39 Å². The number of amides is 1. The molecule has 0 bridgehead atoms. The molecular formula is C23H25FN2O3S2. The molecule has 0 atom stereocenters. The van der Waals surface area contributed by atoms with Gasteiger partial charge in [0.25, 0.3) is 0 Å². The maximum Gasteiger partial charge on any atom is 0.235 e. The normalized spacial score (nSPS) is 11.5. The number of hydrogen-bond donors (Lipinski definition) is 1. The quantitative estimate of drug-likeness (QED) is 0.522. The van der Waals surface area contributed by atoms with Crippen LogP contribution in [0.3, 0.4) is 0 Å². The van der Waals surface area contributed by atoms with Crippen molar-refractivity contribution in [3.63, 3.8) is 0 Å². The van der Waals surface area contributed by atoms with Crippen LogP contribution in [0.1, 0.15) is 28.6 Å². The number of benzene rings is 2. The van der Waals surface area contributed by atoms with Gasteiger partial charge in [-0.15, -0.1) is 11.3 Å². The van der Waals surface area contributed by atoms with Gasteiger partial charge >= 0.3 is 0 Å². The van der Waals surface area contributed by atoms with Crippen molar-refractivity contribution in [1.29, 1.82) is 0 Å². The van der Waals surface area contributed by atoms with Crippen molar-refractivity contribution in [1.82, 2.24) is 10.3 Å². The molecule has 0 radical (unpaired) electrons. The summed E-state index contributed by atoms with van der Waals surface area (Å²) in [4.78, 5) is 17.3. The van der Waals surface area contributed by atoms with E-state index in [9.17, 15) is 17.6 Å². The van der Waals surface area contributed by atoms with Crippen molar-refractivity contribution in [3.8, 4) is 10.6 Å². The molecular weight excluding hydrogens is 435 g/mol. The lowest BCUT2D eigenvalue weighted by atomic mass is 10.1. The van der Waals surface area contributed by atoms with E-state index in [0.29, 0.717) is 17.0 Å². The second-order valence-corrected chi connectivity index (χ2v) is 10.5. The zero-order chi connectivity index (χ0) is 22.4. The number of thiazole rings is 1. The molecule has 31 heavy (non-hydrogen) atoms. The fourth-order valence-corrected chi connectivity index (χ4v) is 5.92. The Balaban J connectivity index is 1.56. The average molecular weight is 461 g/mol. The van der Waals surface area contributed by atoms with Crippen molar-refractivity contribution >= 4 is 27.1 Å². The molecule has 0 unspecified atom stereocenters. The van der Waals surface area contributed by atoms with Crippen molar-refractivity contribution in [2.45, 2.75) is 32.4 Å². The number of rotatable bonds is 9. The summed E-state index contributed by atoms with van der Waals surface area (Å²) in [5, 5.41) is 3.39. The zero-order valence-corrected chi connectivity index (χ0v) is 19.2. The Hall–Kier alpha value is -2.58. The summed E-state index contributed by atoms with van der Waals surface area (Å²) in [6.07, 6.45) is 1.45. The Morgan fingerprint density at radius 2 is 1.71 bits per heavy atom. The van der Waals surface area contributed by atoms with Crippen LogP contribution >= 0.6 is 11.3 Å². The average Bonchev–Trinajstić information content (AvgIpc) is 3.08. The van der Waals surface area contributed by atoms with E-state index >= 15 is 0 Å². The number of carbonyl (C=O) groups excluding carboxylic acids is 1. The number of halogens is 1. The van der Waals surface area contributed by atoms with Gasteiger partial charge in [-0.3, -0.25) is 4.79 Å². The first-order valence-corrected chi connectivity index (χ1v) is 12.7. The smallest absolute Gasteiger partial charge is 0.235 e. The predicted octanol–water partition coefficient (Wildman–Crippen LogP) is 4.09. The Morgan fingerprint density at radius 1 is 1.06 bits per heavy atom. The first-order valence-electron chi connectivity index (χ1n) is 10.0. The van der Waals surface area contributed by atoms with E-state index in [1.165, 1.54) is 29.0 Å². The van der Waals surface area contributed by atoms with E-state index < -0.39 is 21.5 Å². The second-order valence-electron chi connectivity index (χ2n) is 7.34. The lowest BCUT2D eigenvalue weighted by molar-refractivity contribution is -0.118. The highest BCUT2D eigenvalue weighted by atomic mass is 32.2. The minimum atomic E-state index is -3.63. The predicted molar refractivity (Wildman–Crippen MR) is 122 cm³/mol. The molecule has 164 valence electrons. The van der Waals surface area contributed by atoms with E-state index in [-0.39, 0.29) is 18.1 Å². The van der Waals surface area contributed by atoms with E-state index in [1.54, 1.807) is 19.1 Å². The maximum atomic E-state index is 12.9. The molecule has 3 aromatic rings. The summed E-state index contributed by atoms with van der Waals surface area (Å²) in [6.45, 7) is 4.16. The van der Waals surface area contributed by atoms with Crippen molar-refractivity contribution in [2.24, 2.45) is 0 Å². The van der Waals surface area contributed by atoms with Crippen LogP contribution in [-0.4, -0.2) is 31.6 Å². The maximum absolute atomic E-state index is 12.9. The largest absolute Gasteiger partial charge is 0.355 e. The van der Waals surface area contributed by atoms with E-state index in [2.05, 4.69) is 17.2 Å². The number of nitrogens with zero attached hydrogens (tertiary/aromatic N) is 1. The molecule has 0 fully saturated rings. The van der Waals surface area contributed by atoms with Crippen LogP contribution in [0.2, 0.25) is 0 Å². The highest BCUT2D eigenvalue weighted by molar-refractivity contribution is 7.91. The number of aryl methyl sites for hydroxylation is 2. The Labute approximate surface area is 186 Å². The fraction of sp³-hybridized carbons (Fsp3) is 0.304. The Morgan fingerprint density at radius 3 is 2.35 bits per heavy atom. The lowest BCUT2D eigenvalue weighted by Crippen LogP contribution is -2.32. The monoisotopic (exact) mass is 460 g/mol. The van der Waals surface area contributed by atoms with Crippen LogP contribution < -0.4 is 5.32 Å². The van der Waals surface area contributed by atoms with Gasteiger partial charge in [-0.05, 0) is 43.0 Å². The van der Waals surface area contributed by atoms with Crippen LogP contribution in [0, 0.1) is 12.7 Å². The minimum absolute atomic E-state index is 0.213. The molecule has 1 amide bonds. The first kappa shape index (κ1) is 23.1. The molecule has 0 aliphatic carbocycles. The van der Waals surface area contributed by atoms with Gasteiger partial charge < -0.3 is 5.32 Å². The Bertz CT molecular complexity index is 1140. The highest BCUT2D eigenvalue weighted by Gasteiger charge is 2.21. The second kappa shape index (κ2) is 10.2. The minimum Gasteiger partial charge on any atom is -0.355 e. The lowest BCUT2D eigenvalue weighted by Gasteiger charge is -2.06. The summed E-state index contributed by atoms with van der Waals surface area (Å²) in [5.74, 6) is -1.65. The number of aromatic nitrogens is 1. The third-order valence-corrected chi connectivity index (χ3v) is 7.67. The molecule has 1 N–H and O–H groups in total. The van der Waals surface area contributed by atoms with Crippen molar-refractivity contribution in [2.75, 3.05) is 12.3 Å². The summed E-state index contributed by atoms with van der Waals surface area (Å²) < 4.78 is 38.0. The number of nitrogens with one attached hydrogen (secondary N) is 1. The van der Waals surface area contributed by atoms with Crippen LogP contribution in [-0.2, 0) is 33.2 Å². The molecule has 0 saturated carbocycles. The van der Waals surface area contributed by atoms with E-state index in [0.717, 1.165) is 22.6 Å². The topological polar surface area (TPSA) is 76.1 Å². The molecule has 5 nitrogen and oxygen atoms in total. The van der Waals surface area contributed by atoms with Crippen LogP contribution in [0.5, 0.6) is 0 Å². The molecule has 0 spiro atoms. The third-order valence-electron chi connectivity index (χ3n) is 4.85. The highest BCUT2D eigenvalue weighted by Crippen LogP contribution is 2.29. The number of sulfone groups is 1. The van der Waals surface area contributed by atoms with Gasteiger partial charge in [0, 0.05) is 17.0 Å². The van der Waals surface area contributed by atoms with Gasteiger partial charge in [-0.2, -0.15) is 0 Å². The molecule has 3 rings (SSSR count). The molecule has 1 aromatic heterocycles. The van der Waals surface area contributed by atoms with E-state index in [4.69, 9.17) is 0 Å². The van der Waals surface area contributed by atoms with Crippen molar-refractivity contribution < 1.29 is 17.6 Å². The third kappa shape index (κ3) is 6.70. The summed E-state index contributed by atoms with van der Waals surface area (Å²) in [6, 6.07) is 14.0. The van der Waals surface area contributed by atoms with Gasteiger partial charge in [-0.1, -0.05) is 43.3 Å². The fourth-order valence-electron chi connectivity index (χ4n) is 3.07. The summed E-state index contributed by atoms with van der Waals surface area (Å²) in [5.41, 5.74) is 3.71. The van der Waals surface area contributed by atoms with E-state index in [1.807, 2.05) is 24.3 Å². The van der Waals surface area contributed by atoms with Gasteiger partial charge in [0.2, 0.25) is 5.91 Å². The SMILES string of the molecule is CCc1ccc(-c2nc(C)c(CS(=O)(=O)CC(=O)NCCc3ccc(F)cc3)s2)cc1. The molecule has 0 aliphatic rings. The molecule has 0 saturated heterocycles. The van der Waals surface area contributed by atoms with Crippen LogP contribution in [0.25, 0.3) is 10.6 Å². The van der Waals surface area contributed by atoms with Gasteiger partial charge in [0.05, 0.1) is 11.4 Å². The molecule has 2 aromatic carbocycles. The van der Waals surface area contributed by atoms with Crippen LogP contribution in [0.15, 0.2) is 48.5 Å². The summed E-state index contributed by atoms with van der Waals surface area (Å²) in [7, 11) is -3.63. The molecule has 0 aliphatic heterocycles. The first-order chi connectivity index (χ1) is 14.8. The van der Waals surface area contributed by atoms with Gasteiger partial charge in [-0.25, -0.2) is 17.8 Å². The zero-order valence-electron chi connectivity index (χ0n) is 17.5. The van der Waals surface area contributed by atoms with Crippen molar-refractivity contribution in [3.05, 3.63) is 76.0 Å². The van der Waals surface area contributed by atoms with Gasteiger partial charge in [0.1, 0.15) is 16.6 Å². The Kier molecular flexibility index (Phi) is 7.56. The standard InChI is InChI=1S/C23H25FN2O3S2/c1-3-17-4-8-19(9-5-17)23-26-16(2)21(30-23)14-31(28,29)15-22(27)25-13-12-18-6-10-20(24)11-7-18/h4-11H,3,12-15H2,1-2H3,(H,25,27). The number of carbonyl (C=O) groups is 1. The molecule has 8 heteroatoms. The number of hydrogen-bond acceptors (Lipinski definition) is 5. The van der Waals surface area contributed by atoms with Gasteiger partial charge in [0.15, 0.2) is 9.84 Å². The molecule has 1 heterocycles.